The fourth-order valence-corrected chi connectivity index (χ4v) is 1.70. The number of benzene rings is 1. The first-order valence-corrected chi connectivity index (χ1v) is 4.48. The van der Waals surface area contributed by atoms with Gasteiger partial charge >= 0.3 is 0 Å². The van der Waals surface area contributed by atoms with Gasteiger partial charge in [-0.1, -0.05) is 30.3 Å². The van der Waals surface area contributed by atoms with E-state index in [0.29, 0.717) is 0 Å². The summed E-state index contributed by atoms with van der Waals surface area (Å²) in [5.74, 6) is 0.140. The zero-order valence-electron chi connectivity index (χ0n) is 7.87. The Morgan fingerprint density at radius 3 is 2.31 bits per heavy atom. The van der Waals surface area contributed by atoms with Gasteiger partial charge in [0.15, 0.2) is 0 Å². The maximum absolute atomic E-state index is 11.2. The summed E-state index contributed by atoms with van der Waals surface area (Å²) < 4.78 is 0. The largest absolute Gasteiger partial charge is 0.348 e. The Morgan fingerprint density at radius 1 is 1.23 bits per heavy atom. The van der Waals surface area contributed by atoms with Crippen molar-refractivity contribution in [3.05, 3.63) is 35.9 Å². The number of amides is 1. The number of rotatable bonds is 1. The van der Waals surface area contributed by atoms with Crippen LogP contribution in [0.2, 0.25) is 0 Å². The summed E-state index contributed by atoms with van der Waals surface area (Å²) in [5, 5.41) is 2.91. The lowest BCUT2D eigenvalue weighted by Gasteiger charge is -2.44. The molecule has 1 amide bonds. The number of carbonyl (C=O) groups is 1. The van der Waals surface area contributed by atoms with Crippen molar-refractivity contribution in [3.63, 3.8) is 0 Å². The van der Waals surface area contributed by atoms with Gasteiger partial charge in [-0.3, -0.25) is 4.79 Å². The SMILES string of the molecule is CC1(C)C(=O)NC1c1ccccc1. The topological polar surface area (TPSA) is 29.1 Å². The first-order valence-electron chi connectivity index (χ1n) is 4.48. The Labute approximate surface area is 78.0 Å². The Kier molecular flexibility index (Phi) is 1.65. The lowest BCUT2D eigenvalue weighted by Crippen LogP contribution is -2.57. The van der Waals surface area contributed by atoms with Crippen LogP contribution in [0.25, 0.3) is 0 Å². The second-order valence-corrected chi connectivity index (χ2v) is 4.04. The summed E-state index contributed by atoms with van der Waals surface area (Å²) in [6.07, 6.45) is 0. The lowest BCUT2D eigenvalue weighted by atomic mass is 9.73. The summed E-state index contributed by atoms with van der Waals surface area (Å²) in [5.41, 5.74) is 0.938. The lowest BCUT2D eigenvalue weighted by molar-refractivity contribution is -0.143. The number of carbonyl (C=O) groups excluding carboxylic acids is 1. The molecule has 1 aromatic rings. The molecule has 0 bridgehead atoms. The average molecular weight is 175 g/mol. The molecule has 1 aliphatic heterocycles. The molecule has 1 N–H and O–H groups in total. The van der Waals surface area contributed by atoms with E-state index >= 15 is 0 Å². The summed E-state index contributed by atoms with van der Waals surface area (Å²) in [4.78, 5) is 11.2. The minimum Gasteiger partial charge on any atom is -0.348 e. The number of hydrogen-bond acceptors (Lipinski definition) is 1. The molecule has 2 heteroatoms. The van der Waals surface area contributed by atoms with E-state index in [9.17, 15) is 4.79 Å². The fraction of sp³-hybridized carbons (Fsp3) is 0.364. The molecule has 1 aliphatic rings. The standard InChI is InChI=1S/C11H13NO/c1-11(2)9(12-10(11)13)8-6-4-3-5-7-8/h3-7,9H,1-2H3,(H,12,13). The molecule has 0 saturated carbocycles. The molecule has 1 unspecified atom stereocenters. The van der Waals surface area contributed by atoms with Gasteiger partial charge < -0.3 is 5.32 Å². The zero-order valence-corrected chi connectivity index (χ0v) is 7.87. The van der Waals surface area contributed by atoms with Crippen molar-refractivity contribution in [1.82, 2.24) is 5.32 Å². The molecule has 13 heavy (non-hydrogen) atoms. The summed E-state index contributed by atoms with van der Waals surface area (Å²) in [7, 11) is 0. The van der Waals surface area contributed by atoms with Crippen molar-refractivity contribution in [2.24, 2.45) is 5.41 Å². The van der Waals surface area contributed by atoms with E-state index in [0.717, 1.165) is 0 Å². The molecule has 0 spiro atoms. The highest BCUT2D eigenvalue weighted by atomic mass is 16.2. The third-order valence-electron chi connectivity index (χ3n) is 2.72. The van der Waals surface area contributed by atoms with Gasteiger partial charge in [0.05, 0.1) is 11.5 Å². The Morgan fingerprint density at radius 2 is 1.85 bits per heavy atom. The molecule has 2 nitrogen and oxygen atoms in total. The molecule has 2 rings (SSSR count). The number of nitrogens with one attached hydrogen (secondary N) is 1. The van der Waals surface area contributed by atoms with Crippen LogP contribution in [-0.4, -0.2) is 5.91 Å². The van der Waals surface area contributed by atoms with Crippen LogP contribution in [0.4, 0.5) is 0 Å². The molecular weight excluding hydrogens is 162 g/mol. The van der Waals surface area contributed by atoms with Gasteiger partial charge in [-0.2, -0.15) is 0 Å². The third-order valence-corrected chi connectivity index (χ3v) is 2.72. The minimum absolute atomic E-state index is 0.140. The zero-order chi connectivity index (χ0) is 9.47. The average Bonchev–Trinajstić information content (AvgIpc) is 2.15. The predicted molar refractivity (Wildman–Crippen MR) is 51.1 cm³/mol. The van der Waals surface area contributed by atoms with Crippen LogP contribution in [0.3, 0.4) is 0 Å². The molecule has 1 fully saturated rings. The van der Waals surface area contributed by atoms with E-state index in [1.165, 1.54) is 5.56 Å². The van der Waals surface area contributed by atoms with Crippen molar-refractivity contribution < 1.29 is 4.79 Å². The minimum atomic E-state index is -0.249. The monoisotopic (exact) mass is 175 g/mol. The normalized spacial score (nSPS) is 24.8. The van der Waals surface area contributed by atoms with Gasteiger partial charge in [0.1, 0.15) is 0 Å². The van der Waals surface area contributed by atoms with E-state index in [1.54, 1.807) is 0 Å². The second-order valence-electron chi connectivity index (χ2n) is 4.04. The van der Waals surface area contributed by atoms with Gasteiger partial charge in [0.25, 0.3) is 0 Å². The van der Waals surface area contributed by atoms with E-state index in [4.69, 9.17) is 0 Å². The van der Waals surface area contributed by atoms with Gasteiger partial charge in [-0.25, -0.2) is 0 Å². The number of hydrogen-bond donors (Lipinski definition) is 1. The van der Waals surface area contributed by atoms with Gasteiger partial charge in [0, 0.05) is 0 Å². The highest BCUT2D eigenvalue weighted by Gasteiger charge is 2.47. The van der Waals surface area contributed by atoms with Crippen LogP contribution in [0.1, 0.15) is 25.5 Å². The molecule has 0 aromatic heterocycles. The van der Waals surface area contributed by atoms with Crippen LogP contribution < -0.4 is 5.32 Å². The summed E-state index contributed by atoms with van der Waals surface area (Å²) in [6, 6.07) is 10.3. The molecule has 1 atom stereocenters. The highest BCUT2D eigenvalue weighted by molar-refractivity contribution is 5.89. The second kappa shape index (κ2) is 2.59. The van der Waals surface area contributed by atoms with E-state index < -0.39 is 0 Å². The fourth-order valence-electron chi connectivity index (χ4n) is 1.70. The van der Waals surface area contributed by atoms with Crippen LogP contribution in [-0.2, 0) is 4.79 Å². The van der Waals surface area contributed by atoms with E-state index in [1.807, 2.05) is 44.2 Å². The van der Waals surface area contributed by atoms with Crippen molar-refractivity contribution in [1.29, 1.82) is 0 Å². The first-order chi connectivity index (χ1) is 6.12. The smallest absolute Gasteiger partial charge is 0.228 e. The van der Waals surface area contributed by atoms with Crippen molar-refractivity contribution >= 4 is 5.91 Å². The molecule has 0 radical (unpaired) electrons. The van der Waals surface area contributed by atoms with Crippen LogP contribution in [0.15, 0.2) is 30.3 Å². The Balaban J connectivity index is 2.27. The predicted octanol–water partition coefficient (Wildman–Crippen LogP) is 1.88. The maximum Gasteiger partial charge on any atom is 0.228 e. The molecule has 1 saturated heterocycles. The molecule has 68 valence electrons. The maximum atomic E-state index is 11.2. The van der Waals surface area contributed by atoms with Crippen molar-refractivity contribution in [2.75, 3.05) is 0 Å². The van der Waals surface area contributed by atoms with Crippen molar-refractivity contribution in [2.45, 2.75) is 19.9 Å². The Bertz CT molecular complexity index is 329. The molecule has 0 aliphatic carbocycles. The van der Waals surface area contributed by atoms with E-state index in [-0.39, 0.29) is 17.4 Å². The molecule has 1 heterocycles. The summed E-state index contributed by atoms with van der Waals surface area (Å²) in [6.45, 7) is 3.95. The van der Waals surface area contributed by atoms with Crippen molar-refractivity contribution in [3.8, 4) is 0 Å². The number of β-lactam (4-membered cyclic amide) rings is 1. The van der Waals surface area contributed by atoms with E-state index in [2.05, 4.69) is 5.32 Å². The van der Waals surface area contributed by atoms with Gasteiger partial charge in [0.2, 0.25) is 5.91 Å². The first kappa shape index (κ1) is 8.30. The highest BCUT2D eigenvalue weighted by Crippen LogP contribution is 2.40. The van der Waals surface area contributed by atoms with Gasteiger partial charge in [-0.15, -0.1) is 0 Å². The van der Waals surface area contributed by atoms with Crippen LogP contribution >= 0.6 is 0 Å². The quantitative estimate of drug-likeness (QED) is 0.649. The molecular formula is C11H13NO. The molecule has 1 aromatic carbocycles. The summed E-state index contributed by atoms with van der Waals surface area (Å²) >= 11 is 0. The Hall–Kier alpha value is -1.31. The van der Waals surface area contributed by atoms with Gasteiger partial charge in [-0.05, 0) is 19.4 Å². The third kappa shape index (κ3) is 1.13. The van der Waals surface area contributed by atoms with Crippen LogP contribution in [0, 0.1) is 5.41 Å². The van der Waals surface area contributed by atoms with Crippen LogP contribution in [0.5, 0.6) is 0 Å².